The molecule has 0 bridgehead atoms. The summed E-state index contributed by atoms with van der Waals surface area (Å²) in [5.41, 5.74) is 0. The van der Waals surface area contributed by atoms with Gasteiger partial charge in [0.2, 0.25) is 0 Å². The first-order valence-corrected chi connectivity index (χ1v) is 7.70. The summed E-state index contributed by atoms with van der Waals surface area (Å²) in [6.07, 6.45) is 1.39. The van der Waals surface area contributed by atoms with Crippen molar-refractivity contribution in [3.63, 3.8) is 0 Å². The molecule has 0 aliphatic heterocycles. The summed E-state index contributed by atoms with van der Waals surface area (Å²) in [6.45, 7) is 7.91. The van der Waals surface area contributed by atoms with Crippen molar-refractivity contribution >= 4 is 16.2 Å². The molecular formula is C11H24N2O4S. The van der Waals surface area contributed by atoms with Crippen LogP contribution < -0.4 is 4.72 Å². The molecule has 0 aromatic heterocycles. The molecule has 0 heterocycles. The average Bonchev–Trinajstić information content (AvgIpc) is 2.25. The number of rotatable bonds is 9. The third-order valence-corrected chi connectivity index (χ3v) is 4.09. The Morgan fingerprint density at radius 2 is 1.67 bits per heavy atom. The number of nitrogens with one attached hydrogen (secondary N) is 1. The summed E-state index contributed by atoms with van der Waals surface area (Å²) in [6, 6.07) is -1.09. The van der Waals surface area contributed by atoms with Gasteiger partial charge in [0.15, 0.2) is 0 Å². The molecule has 0 spiro atoms. The predicted molar refractivity (Wildman–Crippen MR) is 70.5 cm³/mol. The molecule has 0 aliphatic carbocycles. The monoisotopic (exact) mass is 280 g/mol. The number of hydrogen-bond acceptors (Lipinski definition) is 3. The summed E-state index contributed by atoms with van der Waals surface area (Å²) < 4.78 is 27.7. The van der Waals surface area contributed by atoms with Crippen LogP contribution in [-0.2, 0) is 15.0 Å². The van der Waals surface area contributed by atoms with Crippen molar-refractivity contribution in [2.75, 3.05) is 13.1 Å². The van der Waals surface area contributed by atoms with Crippen LogP contribution in [0.15, 0.2) is 0 Å². The van der Waals surface area contributed by atoms with E-state index in [9.17, 15) is 13.2 Å². The van der Waals surface area contributed by atoms with Gasteiger partial charge in [-0.2, -0.15) is 17.4 Å². The third kappa shape index (κ3) is 5.32. The molecule has 0 aliphatic rings. The highest BCUT2D eigenvalue weighted by Gasteiger charge is 2.30. The molecule has 0 radical (unpaired) electrons. The topological polar surface area (TPSA) is 86.7 Å². The molecule has 0 rings (SSSR count). The van der Waals surface area contributed by atoms with Crippen LogP contribution in [0.1, 0.15) is 40.5 Å². The van der Waals surface area contributed by atoms with Gasteiger partial charge in [0.1, 0.15) is 6.04 Å². The largest absolute Gasteiger partial charge is 0.480 e. The number of nitrogens with zero attached hydrogens (tertiary/aromatic N) is 1. The summed E-state index contributed by atoms with van der Waals surface area (Å²) in [5.74, 6) is -1.45. The smallest absolute Gasteiger partial charge is 0.322 e. The lowest BCUT2D eigenvalue weighted by Crippen LogP contribution is -2.50. The van der Waals surface area contributed by atoms with E-state index in [2.05, 4.69) is 4.72 Å². The molecular weight excluding hydrogens is 256 g/mol. The SMILES string of the molecule is CCCN(CCC)S(=O)(=O)NC(C(=O)O)C(C)C. The quantitative estimate of drug-likeness (QED) is 0.661. The van der Waals surface area contributed by atoms with E-state index in [1.165, 1.54) is 4.31 Å². The molecule has 0 amide bonds. The van der Waals surface area contributed by atoms with Gasteiger partial charge in [-0.25, -0.2) is 0 Å². The van der Waals surface area contributed by atoms with Crippen LogP contribution in [0.25, 0.3) is 0 Å². The maximum atomic E-state index is 12.1. The van der Waals surface area contributed by atoms with Gasteiger partial charge in [0.05, 0.1) is 0 Å². The van der Waals surface area contributed by atoms with E-state index in [1.807, 2.05) is 13.8 Å². The Morgan fingerprint density at radius 3 is 1.94 bits per heavy atom. The molecule has 0 saturated carbocycles. The van der Waals surface area contributed by atoms with Gasteiger partial charge in [-0.05, 0) is 18.8 Å². The Hall–Kier alpha value is -0.660. The van der Waals surface area contributed by atoms with Gasteiger partial charge in [0.25, 0.3) is 10.2 Å². The molecule has 0 fully saturated rings. The van der Waals surface area contributed by atoms with Gasteiger partial charge in [0, 0.05) is 13.1 Å². The molecule has 1 unspecified atom stereocenters. The van der Waals surface area contributed by atoms with Crippen LogP contribution in [0.5, 0.6) is 0 Å². The Labute approximate surface area is 110 Å². The minimum absolute atomic E-state index is 0.303. The maximum Gasteiger partial charge on any atom is 0.322 e. The van der Waals surface area contributed by atoms with Crippen LogP contribution in [0, 0.1) is 5.92 Å². The van der Waals surface area contributed by atoms with E-state index in [4.69, 9.17) is 5.11 Å². The van der Waals surface area contributed by atoms with Crippen LogP contribution in [0.2, 0.25) is 0 Å². The van der Waals surface area contributed by atoms with E-state index < -0.39 is 22.2 Å². The minimum atomic E-state index is -3.73. The van der Waals surface area contributed by atoms with Crippen molar-refractivity contribution < 1.29 is 18.3 Å². The Morgan fingerprint density at radius 1 is 1.22 bits per heavy atom. The second-order valence-corrected chi connectivity index (χ2v) is 6.28. The fourth-order valence-corrected chi connectivity index (χ4v) is 3.25. The van der Waals surface area contributed by atoms with Crippen molar-refractivity contribution in [3.8, 4) is 0 Å². The van der Waals surface area contributed by atoms with Crippen molar-refractivity contribution in [3.05, 3.63) is 0 Å². The molecule has 6 nitrogen and oxygen atoms in total. The number of carbonyl (C=O) groups is 1. The van der Waals surface area contributed by atoms with Crippen LogP contribution >= 0.6 is 0 Å². The van der Waals surface area contributed by atoms with Gasteiger partial charge in [-0.3, -0.25) is 4.79 Å². The van der Waals surface area contributed by atoms with Gasteiger partial charge in [-0.15, -0.1) is 0 Å². The lowest BCUT2D eigenvalue weighted by atomic mass is 10.1. The van der Waals surface area contributed by atoms with Crippen molar-refractivity contribution in [1.82, 2.24) is 9.03 Å². The van der Waals surface area contributed by atoms with Gasteiger partial charge in [-0.1, -0.05) is 27.7 Å². The predicted octanol–water partition coefficient (Wildman–Crippen LogP) is 1.05. The normalized spacial score (nSPS) is 14.1. The summed E-state index contributed by atoms with van der Waals surface area (Å²) in [4.78, 5) is 11.0. The molecule has 1 atom stereocenters. The molecule has 7 heteroatoms. The number of carboxylic acid groups (broad SMARTS) is 1. The van der Waals surface area contributed by atoms with Crippen LogP contribution in [0.4, 0.5) is 0 Å². The van der Waals surface area contributed by atoms with E-state index in [1.54, 1.807) is 13.8 Å². The number of carboxylic acids is 1. The maximum absolute atomic E-state index is 12.1. The Balaban J connectivity index is 4.93. The zero-order valence-electron chi connectivity index (χ0n) is 11.5. The van der Waals surface area contributed by atoms with Crippen LogP contribution in [0.3, 0.4) is 0 Å². The van der Waals surface area contributed by atoms with Crippen molar-refractivity contribution in [1.29, 1.82) is 0 Å². The minimum Gasteiger partial charge on any atom is -0.480 e. The first-order valence-electron chi connectivity index (χ1n) is 6.26. The van der Waals surface area contributed by atoms with Crippen LogP contribution in [-0.4, -0.2) is 42.9 Å². The van der Waals surface area contributed by atoms with Crippen molar-refractivity contribution in [2.24, 2.45) is 5.92 Å². The van der Waals surface area contributed by atoms with E-state index in [0.29, 0.717) is 25.9 Å². The molecule has 0 aromatic carbocycles. The highest BCUT2D eigenvalue weighted by molar-refractivity contribution is 7.87. The summed E-state index contributed by atoms with van der Waals surface area (Å²) >= 11 is 0. The van der Waals surface area contributed by atoms with E-state index in [-0.39, 0.29) is 5.92 Å². The van der Waals surface area contributed by atoms with Gasteiger partial charge >= 0.3 is 5.97 Å². The van der Waals surface area contributed by atoms with E-state index in [0.717, 1.165) is 0 Å². The Bertz CT molecular complexity index is 348. The standard InChI is InChI=1S/C11H24N2O4S/c1-5-7-13(8-6-2)18(16,17)12-10(9(3)4)11(14)15/h9-10,12H,5-8H2,1-4H3,(H,14,15). The Kier molecular flexibility index (Phi) is 7.42. The second kappa shape index (κ2) is 7.70. The first-order chi connectivity index (χ1) is 8.26. The highest BCUT2D eigenvalue weighted by atomic mass is 32.2. The lowest BCUT2D eigenvalue weighted by molar-refractivity contribution is -0.140. The number of hydrogen-bond donors (Lipinski definition) is 2. The highest BCUT2D eigenvalue weighted by Crippen LogP contribution is 2.08. The number of aliphatic carboxylic acids is 1. The van der Waals surface area contributed by atoms with Gasteiger partial charge < -0.3 is 5.11 Å². The summed E-state index contributed by atoms with van der Waals surface area (Å²) in [5, 5.41) is 9.00. The second-order valence-electron chi connectivity index (χ2n) is 4.58. The first kappa shape index (κ1) is 17.3. The van der Waals surface area contributed by atoms with E-state index >= 15 is 0 Å². The summed E-state index contributed by atoms with van der Waals surface area (Å²) in [7, 11) is -3.73. The lowest BCUT2D eigenvalue weighted by Gasteiger charge is -2.25. The molecule has 108 valence electrons. The molecule has 2 N–H and O–H groups in total. The molecule has 18 heavy (non-hydrogen) atoms. The zero-order chi connectivity index (χ0) is 14.3. The zero-order valence-corrected chi connectivity index (χ0v) is 12.3. The average molecular weight is 280 g/mol. The fourth-order valence-electron chi connectivity index (χ4n) is 1.56. The fraction of sp³-hybridized carbons (Fsp3) is 0.909. The molecule has 0 aromatic rings. The third-order valence-electron chi connectivity index (χ3n) is 2.49. The van der Waals surface area contributed by atoms with Crippen molar-refractivity contribution in [2.45, 2.75) is 46.6 Å². The molecule has 0 saturated heterocycles.